The van der Waals surface area contributed by atoms with E-state index in [1.54, 1.807) is 18.2 Å². The number of β-amino-alcohol motifs (C(OH)–C–C–N with tert-alkyl or cyclic N) is 1. The number of Topliss-reactive ketones (excluding diaryl/α,β-unsaturated/α-hetero) is 1. The van der Waals surface area contributed by atoms with E-state index in [4.69, 9.17) is 4.74 Å². The number of benzene rings is 1. The summed E-state index contributed by atoms with van der Waals surface area (Å²) in [6, 6.07) is 7.10. The fourth-order valence-electron chi connectivity index (χ4n) is 2.67. The lowest BCUT2D eigenvalue weighted by atomic mass is 10.1. The van der Waals surface area contributed by atoms with Gasteiger partial charge in [0.25, 0.3) is 0 Å². The van der Waals surface area contributed by atoms with Crippen molar-refractivity contribution in [2.45, 2.75) is 38.7 Å². The number of hydrogen-bond donors (Lipinski definition) is 1. The Balaban J connectivity index is 1.79. The fraction of sp³-hybridized carbons (Fsp3) is 0.588. The second kappa shape index (κ2) is 8.15. The number of rotatable bonds is 6. The molecule has 1 N–H and O–H groups in total. The predicted octanol–water partition coefficient (Wildman–Crippen LogP) is 2.50. The van der Waals surface area contributed by atoms with Gasteiger partial charge < -0.3 is 14.7 Å². The monoisotopic (exact) mass is 291 g/mol. The van der Waals surface area contributed by atoms with E-state index in [-0.39, 0.29) is 12.4 Å². The smallest absolute Gasteiger partial charge is 0.159 e. The van der Waals surface area contributed by atoms with E-state index >= 15 is 0 Å². The average molecular weight is 291 g/mol. The highest BCUT2D eigenvalue weighted by Gasteiger charge is 2.14. The first-order valence-corrected chi connectivity index (χ1v) is 7.79. The molecule has 1 aromatic carbocycles. The average Bonchev–Trinajstić information content (AvgIpc) is 2.74. The van der Waals surface area contributed by atoms with Crippen molar-refractivity contribution in [1.29, 1.82) is 0 Å². The Bertz CT molecular complexity index is 453. The first-order chi connectivity index (χ1) is 10.1. The Labute approximate surface area is 126 Å². The maximum absolute atomic E-state index is 11.3. The van der Waals surface area contributed by atoms with E-state index in [2.05, 4.69) is 4.90 Å². The summed E-state index contributed by atoms with van der Waals surface area (Å²) in [5.74, 6) is 0.656. The maximum atomic E-state index is 11.3. The summed E-state index contributed by atoms with van der Waals surface area (Å²) >= 11 is 0. The SMILES string of the molecule is CC(=O)c1cccc(OCC(O)CN2CCCCCC2)c1. The third-order valence-electron chi connectivity index (χ3n) is 3.85. The summed E-state index contributed by atoms with van der Waals surface area (Å²) in [5.41, 5.74) is 0.634. The normalized spacial score (nSPS) is 18.0. The van der Waals surface area contributed by atoms with Crippen molar-refractivity contribution < 1.29 is 14.6 Å². The topological polar surface area (TPSA) is 49.8 Å². The van der Waals surface area contributed by atoms with Crippen molar-refractivity contribution in [2.24, 2.45) is 0 Å². The number of hydrogen-bond acceptors (Lipinski definition) is 4. The predicted molar refractivity (Wildman–Crippen MR) is 82.9 cm³/mol. The van der Waals surface area contributed by atoms with Crippen molar-refractivity contribution in [3.05, 3.63) is 29.8 Å². The molecule has 21 heavy (non-hydrogen) atoms. The van der Waals surface area contributed by atoms with Gasteiger partial charge >= 0.3 is 0 Å². The van der Waals surface area contributed by atoms with Crippen LogP contribution in [0, 0.1) is 0 Å². The van der Waals surface area contributed by atoms with Crippen LogP contribution in [0.5, 0.6) is 5.75 Å². The molecule has 1 heterocycles. The van der Waals surface area contributed by atoms with Gasteiger partial charge in [-0.25, -0.2) is 0 Å². The van der Waals surface area contributed by atoms with E-state index in [1.165, 1.54) is 32.6 Å². The molecule has 0 aromatic heterocycles. The van der Waals surface area contributed by atoms with E-state index in [1.807, 2.05) is 6.07 Å². The maximum Gasteiger partial charge on any atom is 0.159 e. The lowest BCUT2D eigenvalue weighted by Crippen LogP contribution is -2.36. The lowest BCUT2D eigenvalue weighted by molar-refractivity contribution is 0.0693. The number of nitrogens with zero attached hydrogens (tertiary/aromatic N) is 1. The molecule has 1 aliphatic heterocycles. The van der Waals surface area contributed by atoms with Crippen LogP contribution in [0.4, 0.5) is 0 Å². The Morgan fingerprint density at radius 2 is 2.00 bits per heavy atom. The summed E-state index contributed by atoms with van der Waals surface area (Å²) < 4.78 is 5.60. The van der Waals surface area contributed by atoms with Crippen LogP contribution in [0.3, 0.4) is 0 Å². The highest BCUT2D eigenvalue weighted by atomic mass is 16.5. The van der Waals surface area contributed by atoms with Crippen molar-refractivity contribution in [1.82, 2.24) is 4.90 Å². The number of aliphatic hydroxyl groups is 1. The number of aliphatic hydroxyl groups excluding tert-OH is 1. The number of carbonyl (C=O) groups is 1. The van der Waals surface area contributed by atoms with E-state index in [0.717, 1.165) is 13.1 Å². The molecule has 1 aliphatic rings. The molecular formula is C17H25NO3. The summed E-state index contributed by atoms with van der Waals surface area (Å²) in [6.45, 7) is 4.59. The Morgan fingerprint density at radius 1 is 1.29 bits per heavy atom. The van der Waals surface area contributed by atoms with Gasteiger partial charge in [0.05, 0.1) is 0 Å². The van der Waals surface area contributed by atoms with Gasteiger partial charge in [-0.2, -0.15) is 0 Å². The second-order valence-electron chi connectivity index (χ2n) is 5.76. The molecule has 1 aromatic rings. The summed E-state index contributed by atoms with van der Waals surface area (Å²) in [4.78, 5) is 13.6. The molecule has 1 fully saturated rings. The molecule has 4 nitrogen and oxygen atoms in total. The lowest BCUT2D eigenvalue weighted by Gasteiger charge is -2.23. The second-order valence-corrected chi connectivity index (χ2v) is 5.76. The molecule has 0 bridgehead atoms. The summed E-state index contributed by atoms with van der Waals surface area (Å²) in [5, 5.41) is 10.1. The number of ketones is 1. The Kier molecular flexibility index (Phi) is 6.21. The highest BCUT2D eigenvalue weighted by Crippen LogP contribution is 2.15. The first kappa shape index (κ1) is 16.0. The van der Waals surface area contributed by atoms with Crippen LogP contribution in [-0.2, 0) is 0 Å². The summed E-state index contributed by atoms with van der Waals surface area (Å²) in [6.07, 6.45) is 4.52. The van der Waals surface area contributed by atoms with E-state index < -0.39 is 6.10 Å². The van der Waals surface area contributed by atoms with Gasteiger partial charge in [-0.15, -0.1) is 0 Å². The molecule has 0 saturated carbocycles. The molecule has 0 aliphatic carbocycles. The van der Waals surface area contributed by atoms with Crippen LogP contribution in [0.2, 0.25) is 0 Å². The largest absolute Gasteiger partial charge is 0.491 e. The fourth-order valence-corrected chi connectivity index (χ4v) is 2.67. The molecule has 1 unspecified atom stereocenters. The minimum Gasteiger partial charge on any atom is -0.491 e. The minimum atomic E-state index is -0.496. The summed E-state index contributed by atoms with van der Waals surface area (Å²) in [7, 11) is 0. The molecule has 0 amide bonds. The number of ether oxygens (including phenoxy) is 1. The van der Waals surface area contributed by atoms with Crippen LogP contribution < -0.4 is 4.74 Å². The third-order valence-corrected chi connectivity index (χ3v) is 3.85. The number of likely N-dealkylation sites (tertiary alicyclic amines) is 1. The standard InChI is InChI=1S/C17H25NO3/c1-14(19)15-7-6-8-17(11-15)21-13-16(20)12-18-9-4-2-3-5-10-18/h6-8,11,16,20H,2-5,9-10,12-13H2,1H3. The van der Waals surface area contributed by atoms with Crippen LogP contribution >= 0.6 is 0 Å². The van der Waals surface area contributed by atoms with Crippen molar-refractivity contribution in [2.75, 3.05) is 26.2 Å². The van der Waals surface area contributed by atoms with E-state index in [0.29, 0.717) is 17.9 Å². The van der Waals surface area contributed by atoms with Crippen molar-refractivity contribution in [3.63, 3.8) is 0 Å². The highest BCUT2D eigenvalue weighted by molar-refractivity contribution is 5.94. The van der Waals surface area contributed by atoms with Crippen LogP contribution in [0.25, 0.3) is 0 Å². The van der Waals surface area contributed by atoms with E-state index in [9.17, 15) is 9.90 Å². The Morgan fingerprint density at radius 3 is 2.67 bits per heavy atom. The molecular weight excluding hydrogens is 266 g/mol. The zero-order chi connectivity index (χ0) is 15.1. The Hall–Kier alpha value is -1.39. The molecule has 2 rings (SSSR count). The zero-order valence-electron chi connectivity index (χ0n) is 12.8. The third kappa shape index (κ3) is 5.48. The van der Waals surface area contributed by atoms with Gasteiger partial charge in [-0.1, -0.05) is 25.0 Å². The molecule has 1 saturated heterocycles. The molecule has 0 spiro atoms. The molecule has 116 valence electrons. The van der Waals surface area contributed by atoms with Gasteiger partial charge in [0.15, 0.2) is 5.78 Å². The van der Waals surface area contributed by atoms with Crippen LogP contribution in [0.1, 0.15) is 43.0 Å². The van der Waals surface area contributed by atoms with Gasteiger partial charge in [0.1, 0.15) is 18.5 Å². The van der Waals surface area contributed by atoms with Gasteiger partial charge in [0.2, 0.25) is 0 Å². The molecule has 4 heteroatoms. The van der Waals surface area contributed by atoms with Crippen molar-refractivity contribution in [3.8, 4) is 5.75 Å². The van der Waals surface area contributed by atoms with Crippen molar-refractivity contribution >= 4 is 5.78 Å². The minimum absolute atomic E-state index is 0.0190. The van der Waals surface area contributed by atoms with Gasteiger partial charge in [-0.3, -0.25) is 4.79 Å². The van der Waals surface area contributed by atoms with Gasteiger partial charge in [-0.05, 0) is 45.0 Å². The molecule has 0 radical (unpaired) electrons. The first-order valence-electron chi connectivity index (χ1n) is 7.79. The van der Waals surface area contributed by atoms with Gasteiger partial charge in [0, 0.05) is 12.1 Å². The quantitative estimate of drug-likeness (QED) is 0.818. The van der Waals surface area contributed by atoms with Crippen LogP contribution in [0.15, 0.2) is 24.3 Å². The number of carbonyl (C=O) groups excluding carboxylic acids is 1. The van der Waals surface area contributed by atoms with Crippen LogP contribution in [-0.4, -0.2) is 48.1 Å². The molecule has 1 atom stereocenters. The zero-order valence-corrected chi connectivity index (χ0v) is 12.8.